The molecule has 0 fully saturated rings. The lowest BCUT2D eigenvalue weighted by atomic mass is 10.1. The molecule has 0 aliphatic heterocycles. The van der Waals surface area contributed by atoms with Gasteiger partial charge in [-0.25, -0.2) is 4.39 Å². The SMILES string of the molecule is Cc1ccnc2c(C(N)=O)cc(F)cc12. The van der Waals surface area contributed by atoms with E-state index in [1.165, 1.54) is 6.07 Å². The zero-order valence-corrected chi connectivity index (χ0v) is 8.12. The molecule has 0 radical (unpaired) electrons. The van der Waals surface area contributed by atoms with E-state index < -0.39 is 11.7 Å². The van der Waals surface area contributed by atoms with E-state index in [0.29, 0.717) is 10.9 Å². The number of benzene rings is 1. The molecule has 15 heavy (non-hydrogen) atoms. The van der Waals surface area contributed by atoms with Crippen molar-refractivity contribution in [2.24, 2.45) is 5.73 Å². The van der Waals surface area contributed by atoms with Gasteiger partial charge >= 0.3 is 0 Å². The summed E-state index contributed by atoms with van der Waals surface area (Å²) in [5.41, 5.74) is 6.58. The smallest absolute Gasteiger partial charge is 0.251 e. The Kier molecular flexibility index (Phi) is 2.11. The molecule has 0 aliphatic rings. The van der Waals surface area contributed by atoms with Gasteiger partial charge in [0.1, 0.15) is 5.82 Å². The van der Waals surface area contributed by atoms with E-state index in [4.69, 9.17) is 5.73 Å². The molecule has 0 atom stereocenters. The van der Waals surface area contributed by atoms with E-state index in [1.807, 2.05) is 6.92 Å². The first-order valence-corrected chi connectivity index (χ1v) is 4.44. The summed E-state index contributed by atoms with van der Waals surface area (Å²) in [7, 11) is 0. The number of primary amides is 1. The number of amides is 1. The molecule has 0 unspecified atom stereocenters. The number of pyridine rings is 1. The second-order valence-electron chi connectivity index (χ2n) is 3.34. The Labute approximate surface area is 85.7 Å². The number of fused-ring (bicyclic) bond motifs is 1. The molecular formula is C11H9FN2O. The summed E-state index contributed by atoms with van der Waals surface area (Å²) in [6.45, 7) is 1.83. The number of hydrogen-bond donors (Lipinski definition) is 1. The third-order valence-electron chi connectivity index (χ3n) is 2.29. The Morgan fingerprint density at radius 1 is 1.47 bits per heavy atom. The van der Waals surface area contributed by atoms with Gasteiger partial charge in [-0.05, 0) is 30.7 Å². The van der Waals surface area contributed by atoms with Crippen LogP contribution in [0.3, 0.4) is 0 Å². The molecule has 0 aliphatic carbocycles. The molecule has 1 aromatic carbocycles. The van der Waals surface area contributed by atoms with Crippen molar-refractivity contribution in [1.29, 1.82) is 0 Å². The van der Waals surface area contributed by atoms with Crippen LogP contribution in [0.1, 0.15) is 15.9 Å². The third-order valence-corrected chi connectivity index (χ3v) is 2.29. The predicted octanol–water partition coefficient (Wildman–Crippen LogP) is 1.78. The molecule has 0 spiro atoms. The van der Waals surface area contributed by atoms with Crippen LogP contribution in [-0.2, 0) is 0 Å². The third kappa shape index (κ3) is 1.54. The average molecular weight is 204 g/mol. The van der Waals surface area contributed by atoms with Crippen molar-refractivity contribution in [3.8, 4) is 0 Å². The van der Waals surface area contributed by atoms with E-state index in [9.17, 15) is 9.18 Å². The first-order chi connectivity index (χ1) is 7.09. The number of nitrogens with zero attached hydrogens (tertiary/aromatic N) is 1. The maximum absolute atomic E-state index is 13.2. The van der Waals surface area contributed by atoms with Crippen LogP contribution in [0.25, 0.3) is 10.9 Å². The first kappa shape index (κ1) is 9.58. The topological polar surface area (TPSA) is 56.0 Å². The predicted molar refractivity (Wildman–Crippen MR) is 55.0 cm³/mol. The van der Waals surface area contributed by atoms with Gasteiger partial charge in [0.05, 0.1) is 11.1 Å². The van der Waals surface area contributed by atoms with Crippen LogP contribution in [0.2, 0.25) is 0 Å². The molecule has 1 heterocycles. The molecule has 2 rings (SSSR count). The monoisotopic (exact) mass is 204 g/mol. The second kappa shape index (κ2) is 3.31. The number of hydrogen-bond acceptors (Lipinski definition) is 2. The minimum absolute atomic E-state index is 0.119. The molecule has 0 saturated carbocycles. The van der Waals surface area contributed by atoms with Gasteiger partial charge in [0.2, 0.25) is 0 Å². The number of rotatable bonds is 1. The normalized spacial score (nSPS) is 10.5. The maximum atomic E-state index is 13.2. The summed E-state index contributed by atoms with van der Waals surface area (Å²) in [4.78, 5) is 15.1. The Morgan fingerprint density at radius 2 is 2.20 bits per heavy atom. The number of aromatic nitrogens is 1. The molecular weight excluding hydrogens is 195 g/mol. The number of halogens is 1. The summed E-state index contributed by atoms with van der Waals surface area (Å²) in [5, 5.41) is 0.617. The summed E-state index contributed by atoms with van der Waals surface area (Å²) in [5.74, 6) is -1.15. The molecule has 2 N–H and O–H groups in total. The molecule has 1 amide bonds. The number of carbonyl (C=O) groups is 1. The fourth-order valence-electron chi connectivity index (χ4n) is 1.54. The van der Waals surface area contributed by atoms with Crippen LogP contribution in [0.15, 0.2) is 24.4 Å². The molecule has 2 aromatic rings. The summed E-state index contributed by atoms with van der Waals surface area (Å²) in [6, 6.07) is 4.22. The quantitative estimate of drug-likeness (QED) is 0.769. The van der Waals surface area contributed by atoms with Crippen LogP contribution in [0.4, 0.5) is 4.39 Å². The van der Waals surface area contributed by atoms with Gasteiger partial charge in [0, 0.05) is 11.6 Å². The van der Waals surface area contributed by atoms with Crippen molar-refractivity contribution in [3.63, 3.8) is 0 Å². The first-order valence-electron chi connectivity index (χ1n) is 4.44. The Bertz CT molecular complexity index is 552. The van der Waals surface area contributed by atoms with Crippen LogP contribution in [0.5, 0.6) is 0 Å². The highest BCUT2D eigenvalue weighted by atomic mass is 19.1. The average Bonchev–Trinajstić information content (AvgIpc) is 2.18. The van der Waals surface area contributed by atoms with Crippen LogP contribution in [-0.4, -0.2) is 10.9 Å². The van der Waals surface area contributed by atoms with Crippen molar-refractivity contribution in [2.45, 2.75) is 6.92 Å². The highest BCUT2D eigenvalue weighted by molar-refractivity contribution is 6.05. The molecule has 76 valence electrons. The molecule has 4 heteroatoms. The van der Waals surface area contributed by atoms with Crippen molar-refractivity contribution >= 4 is 16.8 Å². The molecule has 3 nitrogen and oxygen atoms in total. The summed E-state index contributed by atoms with van der Waals surface area (Å²) >= 11 is 0. The largest absolute Gasteiger partial charge is 0.366 e. The van der Waals surface area contributed by atoms with E-state index in [2.05, 4.69) is 4.98 Å². The van der Waals surface area contributed by atoms with Gasteiger partial charge in [-0.15, -0.1) is 0 Å². The Balaban J connectivity index is 2.92. The minimum Gasteiger partial charge on any atom is -0.366 e. The highest BCUT2D eigenvalue weighted by Crippen LogP contribution is 2.21. The Morgan fingerprint density at radius 3 is 2.87 bits per heavy atom. The van der Waals surface area contributed by atoms with E-state index >= 15 is 0 Å². The van der Waals surface area contributed by atoms with Crippen LogP contribution in [0, 0.1) is 12.7 Å². The van der Waals surface area contributed by atoms with Gasteiger partial charge in [-0.2, -0.15) is 0 Å². The van der Waals surface area contributed by atoms with Gasteiger partial charge in [-0.3, -0.25) is 9.78 Å². The fraction of sp³-hybridized carbons (Fsp3) is 0.0909. The summed E-state index contributed by atoms with van der Waals surface area (Å²) in [6.07, 6.45) is 1.57. The zero-order chi connectivity index (χ0) is 11.0. The Hall–Kier alpha value is -1.97. The van der Waals surface area contributed by atoms with Crippen molar-refractivity contribution in [2.75, 3.05) is 0 Å². The van der Waals surface area contributed by atoms with E-state index in [0.717, 1.165) is 11.6 Å². The molecule has 0 saturated heterocycles. The maximum Gasteiger partial charge on any atom is 0.251 e. The minimum atomic E-state index is -0.669. The highest BCUT2D eigenvalue weighted by Gasteiger charge is 2.11. The number of carbonyl (C=O) groups excluding carboxylic acids is 1. The standard InChI is InChI=1S/C11H9FN2O/c1-6-2-3-14-10-8(6)4-7(12)5-9(10)11(13)15/h2-5H,1H3,(H2,13,15). The number of nitrogens with two attached hydrogens (primary N) is 1. The lowest BCUT2D eigenvalue weighted by molar-refractivity contribution is 0.100. The van der Waals surface area contributed by atoms with Crippen molar-refractivity contribution in [1.82, 2.24) is 4.98 Å². The van der Waals surface area contributed by atoms with Gasteiger partial charge in [-0.1, -0.05) is 0 Å². The molecule has 0 bridgehead atoms. The van der Waals surface area contributed by atoms with E-state index in [-0.39, 0.29) is 5.56 Å². The summed E-state index contributed by atoms with van der Waals surface area (Å²) < 4.78 is 13.2. The fourth-order valence-corrected chi connectivity index (χ4v) is 1.54. The van der Waals surface area contributed by atoms with Crippen molar-refractivity contribution in [3.05, 3.63) is 41.3 Å². The van der Waals surface area contributed by atoms with Crippen LogP contribution < -0.4 is 5.73 Å². The van der Waals surface area contributed by atoms with Gasteiger partial charge in [0.25, 0.3) is 5.91 Å². The lowest BCUT2D eigenvalue weighted by Gasteiger charge is -2.04. The van der Waals surface area contributed by atoms with Gasteiger partial charge < -0.3 is 5.73 Å². The van der Waals surface area contributed by atoms with Crippen molar-refractivity contribution < 1.29 is 9.18 Å². The van der Waals surface area contributed by atoms with E-state index in [1.54, 1.807) is 12.3 Å². The van der Waals surface area contributed by atoms with Crippen LogP contribution >= 0.6 is 0 Å². The second-order valence-corrected chi connectivity index (χ2v) is 3.34. The lowest BCUT2D eigenvalue weighted by Crippen LogP contribution is -2.12. The molecule has 1 aromatic heterocycles. The number of aryl methyl sites for hydroxylation is 1. The van der Waals surface area contributed by atoms with Gasteiger partial charge in [0.15, 0.2) is 0 Å². The zero-order valence-electron chi connectivity index (χ0n) is 8.12.